The number of rotatable bonds is 3. The summed E-state index contributed by atoms with van der Waals surface area (Å²) >= 11 is 0. The molecule has 0 spiro atoms. The summed E-state index contributed by atoms with van der Waals surface area (Å²) in [5, 5.41) is 0. The van der Waals surface area contributed by atoms with E-state index in [4.69, 9.17) is 0 Å². The maximum absolute atomic E-state index is 12.2. The van der Waals surface area contributed by atoms with Crippen LogP contribution in [0.3, 0.4) is 0 Å². The standard InChI is InChI=1S/C14H14N2O3S/c1-10-6-3-4-9-13(10)20(18,19)16-14(17)12-8-5-7-11(2)15-12/h3-9H,1-2H3,(H,16,17). The quantitative estimate of drug-likeness (QED) is 0.935. The first-order chi connectivity index (χ1) is 9.40. The normalized spacial score (nSPS) is 11.1. The van der Waals surface area contributed by atoms with E-state index in [0.29, 0.717) is 11.3 Å². The Bertz CT molecular complexity index is 755. The van der Waals surface area contributed by atoms with Crippen molar-refractivity contribution >= 4 is 15.9 Å². The number of pyridine rings is 1. The molecule has 2 rings (SSSR count). The van der Waals surface area contributed by atoms with Crippen molar-refractivity contribution in [2.75, 3.05) is 0 Å². The Balaban J connectivity index is 2.30. The molecular weight excluding hydrogens is 276 g/mol. The number of aromatic nitrogens is 1. The highest BCUT2D eigenvalue weighted by Gasteiger charge is 2.20. The number of nitrogens with one attached hydrogen (secondary N) is 1. The van der Waals surface area contributed by atoms with Crippen molar-refractivity contribution in [3.8, 4) is 0 Å². The van der Waals surface area contributed by atoms with Crippen LogP contribution in [0.4, 0.5) is 0 Å². The number of carbonyl (C=O) groups is 1. The van der Waals surface area contributed by atoms with Crippen molar-refractivity contribution in [1.29, 1.82) is 0 Å². The number of sulfonamides is 1. The van der Waals surface area contributed by atoms with E-state index in [1.807, 2.05) is 4.72 Å². The summed E-state index contributed by atoms with van der Waals surface area (Å²) in [6.07, 6.45) is 0. The molecule has 104 valence electrons. The van der Waals surface area contributed by atoms with Gasteiger partial charge in [-0.05, 0) is 37.6 Å². The lowest BCUT2D eigenvalue weighted by Gasteiger charge is -2.09. The second-order valence-electron chi connectivity index (χ2n) is 4.36. The SMILES string of the molecule is Cc1cccc(C(=O)NS(=O)(=O)c2ccccc2C)n1. The van der Waals surface area contributed by atoms with Gasteiger partial charge in [-0.15, -0.1) is 0 Å². The first-order valence-electron chi connectivity index (χ1n) is 5.96. The molecular formula is C14H14N2O3S. The van der Waals surface area contributed by atoms with E-state index < -0.39 is 15.9 Å². The van der Waals surface area contributed by atoms with E-state index in [-0.39, 0.29) is 10.6 Å². The molecule has 0 saturated heterocycles. The number of hydrogen-bond donors (Lipinski definition) is 1. The van der Waals surface area contributed by atoms with Crippen molar-refractivity contribution < 1.29 is 13.2 Å². The third kappa shape index (κ3) is 3.03. The topological polar surface area (TPSA) is 76.1 Å². The van der Waals surface area contributed by atoms with Crippen molar-refractivity contribution in [1.82, 2.24) is 9.71 Å². The molecule has 0 atom stereocenters. The summed E-state index contributed by atoms with van der Waals surface area (Å²) < 4.78 is 26.4. The Hall–Kier alpha value is -2.21. The lowest BCUT2D eigenvalue weighted by atomic mass is 10.2. The van der Waals surface area contributed by atoms with Crippen molar-refractivity contribution in [2.45, 2.75) is 18.7 Å². The van der Waals surface area contributed by atoms with E-state index >= 15 is 0 Å². The number of hydrogen-bond acceptors (Lipinski definition) is 4. The number of benzene rings is 1. The first kappa shape index (κ1) is 14.2. The molecule has 0 saturated carbocycles. The van der Waals surface area contributed by atoms with Gasteiger partial charge in [0.15, 0.2) is 0 Å². The van der Waals surface area contributed by atoms with Crippen molar-refractivity contribution in [3.05, 3.63) is 59.4 Å². The zero-order chi connectivity index (χ0) is 14.8. The molecule has 6 heteroatoms. The van der Waals surface area contributed by atoms with E-state index in [2.05, 4.69) is 4.98 Å². The summed E-state index contributed by atoms with van der Waals surface area (Å²) in [6.45, 7) is 3.40. The Morgan fingerprint density at radius 3 is 2.40 bits per heavy atom. The lowest BCUT2D eigenvalue weighted by Crippen LogP contribution is -2.31. The largest absolute Gasteiger partial charge is 0.283 e. The average Bonchev–Trinajstić information content (AvgIpc) is 2.38. The molecule has 0 aliphatic carbocycles. The fourth-order valence-electron chi connectivity index (χ4n) is 1.76. The van der Waals surface area contributed by atoms with Crippen LogP contribution in [0.2, 0.25) is 0 Å². The fourth-order valence-corrected chi connectivity index (χ4v) is 2.96. The van der Waals surface area contributed by atoms with Gasteiger partial charge in [0.25, 0.3) is 15.9 Å². The number of aryl methyl sites for hydroxylation is 2. The van der Waals surface area contributed by atoms with E-state index in [0.717, 1.165) is 0 Å². The predicted octanol–water partition coefficient (Wildman–Crippen LogP) is 1.82. The number of carbonyl (C=O) groups excluding carboxylic acids is 1. The predicted molar refractivity (Wildman–Crippen MR) is 74.8 cm³/mol. The minimum atomic E-state index is -3.89. The van der Waals surface area contributed by atoms with Crippen LogP contribution < -0.4 is 4.72 Å². The fraction of sp³-hybridized carbons (Fsp3) is 0.143. The van der Waals surface area contributed by atoms with Gasteiger partial charge in [0.1, 0.15) is 5.69 Å². The molecule has 0 unspecified atom stereocenters. The van der Waals surface area contributed by atoms with E-state index in [1.165, 1.54) is 12.1 Å². The first-order valence-corrected chi connectivity index (χ1v) is 7.45. The molecule has 1 heterocycles. The van der Waals surface area contributed by atoms with Crippen molar-refractivity contribution in [3.63, 3.8) is 0 Å². The van der Waals surface area contributed by atoms with E-state index in [9.17, 15) is 13.2 Å². The van der Waals surface area contributed by atoms with Crippen LogP contribution in [0.1, 0.15) is 21.7 Å². The molecule has 0 fully saturated rings. The van der Waals surface area contributed by atoms with Crippen LogP contribution in [-0.2, 0) is 10.0 Å². The molecule has 2 aromatic rings. The van der Waals surface area contributed by atoms with Gasteiger partial charge in [-0.2, -0.15) is 0 Å². The van der Waals surface area contributed by atoms with Gasteiger partial charge in [0.05, 0.1) is 4.90 Å². The van der Waals surface area contributed by atoms with Gasteiger partial charge in [-0.25, -0.2) is 18.1 Å². The Kier molecular flexibility index (Phi) is 3.85. The van der Waals surface area contributed by atoms with Crippen LogP contribution in [-0.4, -0.2) is 19.3 Å². The van der Waals surface area contributed by atoms with Gasteiger partial charge >= 0.3 is 0 Å². The number of nitrogens with zero attached hydrogens (tertiary/aromatic N) is 1. The summed E-state index contributed by atoms with van der Waals surface area (Å²) in [5.74, 6) is -0.739. The van der Waals surface area contributed by atoms with Gasteiger partial charge in [0, 0.05) is 5.69 Å². The summed E-state index contributed by atoms with van der Waals surface area (Å²) in [4.78, 5) is 16.0. The highest BCUT2D eigenvalue weighted by atomic mass is 32.2. The average molecular weight is 290 g/mol. The van der Waals surface area contributed by atoms with Gasteiger partial charge in [-0.1, -0.05) is 24.3 Å². The Labute approximate surface area is 117 Å². The van der Waals surface area contributed by atoms with Crippen LogP contribution in [0, 0.1) is 13.8 Å². The minimum absolute atomic E-state index is 0.0714. The van der Waals surface area contributed by atoms with Crippen LogP contribution in [0.5, 0.6) is 0 Å². The highest BCUT2D eigenvalue weighted by Crippen LogP contribution is 2.14. The van der Waals surface area contributed by atoms with Gasteiger partial charge in [-0.3, -0.25) is 4.79 Å². The van der Waals surface area contributed by atoms with Crippen LogP contribution in [0.25, 0.3) is 0 Å². The highest BCUT2D eigenvalue weighted by molar-refractivity contribution is 7.90. The van der Waals surface area contributed by atoms with Gasteiger partial charge < -0.3 is 0 Å². The second kappa shape index (κ2) is 5.42. The third-order valence-electron chi connectivity index (χ3n) is 2.73. The molecule has 0 bridgehead atoms. The second-order valence-corrected chi connectivity index (χ2v) is 6.02. The lowest BCUT2D eigenvalue weighted by molar-refractivity contribution is 0.0976. The Morgan fingerprint density at radius 2 is 1.75 bits per heavy atom. The smallest absolute Gasteiger partial charge is 0.266 e. The van der Waals surface area contributed by atoms with E-state index in [1.54, 1.807) is 44.2 Å². The molecule has 5 nitrogen and oxygen atoms in total. The minimum Gasteiger partial charge on any atom is -0.266 e. The summed E-state index contributed by atoms with van der Waals surface area (Å²) in [5.41, 5.74) is 1.29. The van der Waals surface area contributed by atoms with Crippen LogP contribution in [0.15, 0.2) is 47.4 Å². The molecule has 0 aliphatic heterocycles. The monoisotopic (exact) mass is 290 g/mol. The molecule has 1 amide bonds. The molecule has 1 aromatic heterocycles. The Morgan fingerprint density at radius 1 is 1.05 bits per heavy atom. The molecule has 0 aliphatic rings. The molecule has 20 heavy (non-hydrogen) atoms. The molecule has 0 radical (unpaired) electrons. The van der Waals surface area contributed by atoms with Gasteiger partial charge in [0.2, 0.25) is 0 Å². The zero-order valence-corrected chi connectivity index (χ0v) is 11.9. The maximum atomic E-state index is 12.2. The number of amides is 1. The molecule has 1 aromatic carbocycles. The van der Waals surface area contributed by atoms with Crippen molar-refractivity contribution in [2.24, 2.45) is 0 Å². The summed E-state index contributed by atoms with van der Waals surface area (Å²) in [7, 11) is -3.89. The van der Waals surface area contributed by atoms with Crippen LogP contribution >= 0.6 is 0 Å². The maximum Gasteiger partial charge on any atom is 0.283 e. The molecule has 1 N–H and O–H groups in total. The summed E-state index contributed by atoms with van der Waals surface area (Å²) in [6, 6.07) is 11.3. The third-order valence-corrected chi connectivity index (χ3v) is 4.22. The zero-order valence-electron chi connectivity index (χ0n) is 11.1.